The van der Waals surface area contributed by atoms with Crippen molar-refractivity contribution in [1.82, 2.24) is 20.6 Å². The van der Waals surface area contributed by atoms with Crippen LogP contribution < -0.4 is 4.74 Å². The standard InChI is InChI=1S/C13H12N4O2/c1-13(11-7-8-18-16-11,10-5-3-2-4-6-10)19-12-9-14-17-15-12/h2-9H,1H3,(H,14,15,17). The molecular formula is C13H12N4O2. The van der Waals surface area contributed by atoms with Crippen molar-refractivity contribution in [2.75, 3.05) is 0 Å². The molecule has 0 fully saturated rings. The zero-order valence-corrected chi connectivity index (χ0v) is 10.3. The topological polar surface area (TPSA) is 76.8 Å². The van der Waals surface area contributed by atoms with Crippen molar-refractivity contribution in [1.29, 1.82) is 0 Å². The van der Waals surface area contributed by atoms with E-state index < -0.39 is 5.60 Å². The summed E-state index contributed by atoms with van der Waals surface area (Å²) in [6, 6.07) is 11.5. The molecular weight excluding hydrogens is 244 g/mol. The van der Waals surface area contributed by atoms with Crippen LogP contribution in [0.15, 0.2) is 53.4 Å². The van der Waals surface area contributed by atoms with Gasteiger partial charge in [-0.2, -0.15) is 10.3 Å². The van der Waals surface area contributed by atoms with Crippen molar-refractivity contribution >= 4 is 0 Å². The van der Waals surface area contributed by atoms with Crippen LogP contribution in [0.3, 0.4) is 0 Å². The van der Waals surface area contributed by atoms with Gasteiger partial charge < -0.3 is 9.26 Å². The molecule has 2 aromatic heterocycles. The summed E-state index contributed by atoms with van der Waals surface area (Å²) in [5.74, 6) is 0.398. The lowest BCUT2D eigenvalue weighted by atomic mass is 9.92. The van der Waals surface area contributed by atoms with Crippen molar-refractivity contribution in [2.24, 2.45) is 0 Å². The Morgan fingerprint density at radius 2 is 2.05 bits per heavy atom. The normalized spacial score (nSPS) is 13.9. The van der Waals surface area contributed by atoms with Crippen LogP contribution in [0.4, 0.5) is 0 Å². The fraction of sp³-hybridized carbons (Fsp3) is 0.154. The van der Waals surface area contributed by atoms with Gasteiger partial charge in [0.25, 0.3) is 5.88 Å². The summed E-state index contributed by atoms with van der Waals surface area (Å²) in [5.41, 5.74) is 0.832. The Morgan fingerprint density at radius 3 is 2.68 bits per heavy atom. The van der Waals surface area contributed by atoms with Gasteiger partial charge in [-0.1, -0.05) is 35.5 Å². The summed E-state index contributed by atoms with van der Waals surface area (Å²) < 4.78 is 10.9. The number of nitrogens with zero attached hydrogens (tertiary/aromatic N) is 3. The summed E-state index contributed by atoms with van der Waals surface area (Å²) in [5, 5.41) is 14.2. The van der Waals surface area contributed by atoms with Crippen molar-refractivity contribution in [3.8, 4) is 5.88 Å². The van der Waals surface area contributed by atoms with Gasteiger partial charge in [-0.25, -0.2) is 0 Å². The van der Waals surface area contributed by atoms with Crippen LogP contribution >= 0.6 is 0 Å². The lowest BCUT2D eigenvalue weighted by Gasteiger charge is -2.27. The highest BCUT2D eigenvalue weighted by atomic mass is 16.5. The molecule has 3 rings (SSSR count). The molecule has 96 valence electrons. The first kappa shape index (κ1) is 11.5. The van der Waals surface area contributed by atoms with Crippen LogP contribution in [-0.2, 0) is 5.60 Å². The molecule has 0 amide bonds. The predicted molar refractivity (Wildman–Crippen MR) is 66.4 cm³/mol. The van der Waals surface area contributed by atoms with E-state index in [1.165, 1.54) is 12.5 Å². The second-order valence-corrected chi connectivity index (χ2v) is 4.19. The zero-order chi connectivity index (χ0) is 13.1. The molecule has 0 aliphatic carbocycles. The Kier molecular flexibility index (Phi) is 2.75. The van der Waals surface area contributed by atoms with Gasteiger partial charge >= 0.3 is 0 Å². The first-order chi connectivity index (χ1) is 9.29. The van der Waals surface area contributed by atoms with Crippen LogP contribution in [0.2, 0.25) is 0 Å². The molecule has 1 N–H and O–H groups in total. The van der Waals surface area contributed by atoms with Crippen molar-refractivity contribution < 1.29 is 9.26 Å². The number of aromatic amines is 1. The molecule has 1 unspecified atom stereocenters. The SMILES string of the molecule is CC(Oc1cn[nH]n1)(c1ccccc1)c1ccon1. The Morgan fingerprint density at radius 1 is 1.21 bits per heavy atom. The number of hydrogen-bond acceptors (Lipinski definition) is 5. The number of aromatic nitrogens is 4. The van der Waals surface area contributed by atoms with Gasteiger partial charge in [-0.15, -0.1) is 5.10 Å². The third kappa shape index (κ3) is 2.08. The van der Waals surface area contributed by atoms with E-state index in [-0.39, 0.29) is 0 Å². The van der Waals surface area contributed by atoms with Crippen LogP contribution in [0.1, 0.15) is 18.2 Å². The number of ether oxygens (including phenoxy) is 1. The van der Waals surface area contributed by atoms with E-state index in [0.717, 1.165) is 5.56 Å². The van der Waals surface area contributed by atoms with Crippen LogP contribution in [-0.4, -0.2) is 20.6 Å². The molecule has 0 radical (unpaired) electrons. The maximum absolute atomic E-state index is 5.95. The van der Waals surface area contributed by atoms with Gasteiger partial charge in [-0.05, 0) is 6.92 Å². The highest BCUT2D eigenvalue weighted by Gasteiger charge is 2.34. The molecule has 0 bridgehead atoms. The molecule has 3 aromatic rings. The highest BCUT2D eigenvalue weighted by Crippen LogP contribution is 2.32. The highest BCUT2D eigenvalue weighted by molar-refractivity contribution is 5.32. The fourth-order valence-electron chi connectivity index (χ4n) is 1.92. The van der Waals surface area contributed by atoms with E-state index in [4.69, 9.17) is 9.26 Å². The minimum absolute atomic E-state index is 0.398. The summed E-state index contributed by atoms with van der Waals surface area (Å²) in [4.78, 5) is 0. The van der Waals surface area contributed by atoms with Gasteiger partial charge in [-0.3, -0.25) is 0 Å². The molecule has 2 heterocycles. The van der Waals surface area contributed by atoms with Gasteiger partial charge in [0.1, 0.15) is 18.2 Å². The second kappa shape index (κ2) is 4.56. The molecule has 1 aromatic carbocycles. The predicted octanol–water partition coefficient (Wildman–Crippen LogP) is 2.14. The Hall–Kier alpha value is -2.63. The lowest BCUT2D eigenvalue weighted by Crippen LogP contribution is -2.31. The molecule has 1 atom stereocenters. The molecule has 0 saturated heterocycles. The average Bonchev–Trinajstić information content (AvgIpc) is 3.12. The first-order valence-corrected chi connectivity index (χ1v) is 5.80. The van der Waals surface area contributed by atoms with Gasteiger partial charge in [0, 0.05) is 11.6 Å². The number of rotatable bonds is 4. The summed E-state index contributed by atoms with van der Waals surface area (Å²) in [6.45, 7) is 1.91. The first-order valence-electron chi connectivity index (χ1n) is 5.80. The van der Waals surface area contributed by atoms with Crippen molar-refractivity contribution in [3.63, 3.8) is 0 Å². The van der Waals surface area contributed by atoms with Gasteiger partial charge in [0.05, 0.1) is 0 Å². The maximum Gasteiger partial charge on any atom is 0.254 e. The number of hydrogen-bond donors (Lipinski definition) is 1. The summed E-state index contributed by atoms with van der Waals surface area (Å²) >= 11 is 0. The van der Waals surface area contributed by atoms with Crippen molar-refractivity contribution in [2.45, 2.75) is 12.5 Å². The molecule has 0 saturated carbocycles. The summed E-state index contributed by atoms with van der Waals surface area (Å²) in [7, 11) is 0. The zero-order valence-electron chi connectivity index (χ0n) is 10.3. The summed E-state index contributed by atoms with van der Waals surface area (Å²) in [6.07, 6.45) is 3.03. The fourth-order valence-corrected chi connectivity index (χ4v) is 1.92. The van der Waals surface area contributed by atoms with E-state index in [0.29, 0.717) is 11.6 Å². The number of nitrogens with one attached hydrogen (secondary N) is 1. The van der Waals surface area contributed by atoms with E-state index in [9.17, 15) is 0 Å². The Balaban J connectivity index is 2.05. The van der Waals surface area contributed by atoms with Crippen molar-refractivity contribution in [3.05, 3.63) is 60.1 Å². The molecule has 0 aliphatic rings. The largest absolute Gasteiger partial charge is 0.458 e. The third-order valence-corrected chi connectivity index (χ3v) is 2.95. The molecule has 0 spiro atoms. The Labute approximate surface area is 109 Å². The van der Waals surface area contributed by atoms with E-state index >= 15 is 0 Å². The van der Waals surface area contributed by atoms with Crippen LogP contribution in [0.25, 0.3) is 0 Å². The number of benzene rings is 1. The average molecular weight is 256 g/mol. The minimum atomic E-state index is -0.787. The second-order valence-electron chi connectivity index (χ2n) is 4.19. The van der Waals surface area contributed by atoms with E-state index in [1.54, 1.807) is 6.07 Å². The maximum atomic E-state index is 5.95. The molecule has 0 aliphatic heterocycles. The van der Waals surface area contributed by atoms with Crippen LogP contribution in [0, 0.1) is 0 Å². The lowest BCUT2D eigenvalue weighted by molar-refractivity contribution is 0.116. The van der Waals surface area contributed by atoms with E-state index in [1.807, 2.05) is 37.3 Å². The molecule has 6 heteroatoms. The molecule has 6 nitrogen and oxygen atoms in total. The number of H-pyrrole nitrogens is 1. The minimum Gasteiger partial charge on any atom is -0.458 e. The van der Waals surface area contributed by atoms with Crippen LogP contribution in [0.5, 0.6) is 5.88 Å². The van der Waals surface area contributed by atoms with E-state index in [2.05, 4.69) is 20.6 Å². The smallest absolute Gasteiger partial charge is 0.254 e. The monoisotopic (exact) mass is 256 g/mol. The quantitative estimate of drug-likeness (QED) is 0.773. The van der Waals surface area contributed by atoms with Gasteiger partial charge in [0.2, 0.25) is 0 Å². The Bertz CT molecular complexity index is 622. The molecule has 19 heavy (non-hydrogen) atoms. The van der Waals surface area contributed by atoms with Gasteiger partial charge in [0.15, 0.2) is 5.60 Å². The third-order valence-electron chi connectivity index (χ3n) is 2.95.